The molecule has 248 valence electrons. The maximum atomic E-state index is 12.3. The SMILES string of the molecule is O=C(O)c1ccc2c3ccc(C(O)=Nc4c(Br)cc(Br)cc4Br)c4c(C(O)=Nc5c(Br)cc(Br)cc5Br)ccc(c5ccc(C(=O)O)c1c25)c43. The Labute approximate surface area is 332 Å². The van der Waals surface area contributed by atoms with Gasteiger partial charge in [-0.3, -0.25) is 0 Å². The van der Waals surface area contributed by atoms with Gasteiger partial charge in [-0.25, -0.2) is 19.6 Å². The minimum absolute atomic E-state index is 0.107. The summed E-state index contributed by atoms with van der Waals surface area (Å²) in [4.78, 5) is 33.8. The Morgan fingerprint density at radius 1 is 0.420 bits per heavy atom. The highest BCUT2D eigenvalue weighted by Gasteiger charge is 2.25. The highest BCUT2D eigenvalue weighted by molar-refractivity contribution is 9.12. The number of aliphatic hydroxyl groups is 2. The molecule has 50 heavy (non-hydrogen) atoms. The van der Waals surface area contributed by atoms with E-state index in [9.17, 15) is 30.0 Å². The Bertz CT molecular complexity index is 2490. The van der Waals surface area contributed by atoms with E-state index in [1.165, 1.54) is 12.1 Å². The number of aromatic carboxylic acids is 2. The third-order valence-corrected chi connectivity index (χ3v) is 11.6. The second-order valence-electron chi connectivity index (χ2n) is 11.1. The van der Waals surface area contributed by atoms with Crippen molar-refractivity contribution in [1.82, 2.24) is 0 Å². The van der Waals surface area contributed by atoms with Crippen molar-refractivity contribution < 1.29 is 30.0 Å². The first kappa shape index (κ1) is 35.0. The number of carbonyl (C=O) groups is 2. The molecule has 7 aromatic rings. The first-order chi connectivity index (χ1) is 23.8. The van der Waals surface area contributed by atoms with E-state index < -0.39 is 11.9 Å². The summed E-state index contributed by atoms with van der Waals surface area (Å²) in [5.41, 5.74) is 1.13. The van der Waals surface area contributed by atoms with Gasteiger partial charge in [0.25, 0.3) is 0 Å². The molecular formula is C36H16Br6N2O6. The summed E-state index contributed by atoms with van der Waals surface area (Å²) < 4.78 is 3.99. The van der Waals surface area contributed by atoms with Crippen molar-refractivity contribution in [3.63, 3.8) is 0 Å². The molecular weight excluding hydrogens is 1040 g/mol. The second kappa shape index (κ2) is 13.3. The highest BCUT2D eigenvalue weighted by Crippen LogP contribution is 2.45. The third kappa shape index (κ3) is 5.83. The Morgan fingerprint density at radius 3 is 1.00 bits per heavy atom. The molecule has 0 unspecified atom stereocenters. The van der Waals surface area contributed by atoms with Crippen LogP contribution >= 0.6 is 95.6 Å². The summed E-state index contributed by atoms with van der Waals surface area (Å²) in [6.45, 7) is 0. The molecule has 0 saturated carbocycles. The fraction of sp³-hybridized carbons (Fsp3) is 0. The van der Waals surface area contributed by atoms with Gasteiger partial charge in [-0.2, -0.15) is 0 Å². The molecule has 0 bridgehead atoms. The van der Waals surface area contributed by atoms with Crippen LogP contribution in [0.3, 0.4) is 0 Å². The predicted octanol–water partition coefficient (Wildman–Crippen LogP) is 13.0. The molecule has 0 aromatic heterocycles. The molecule has 0 fully saturated rings. The quantitative estimate of drug-likeness (QED) is 0.0566. The molecule has 8 nitrogen and oxygen atoms in total. The molecule has 0 aliphatic rings. The number of halogens is 6. The number of aliphatic imine (C=N–C) groups is 2. The Kier molecular flexibility index (Phi) is 9.31. The van der Waals surface area contributed by atoms with Crippen LogP contribution in [0.15, 0.2) is 110 Å². The number of carboxylic acids is 2. The Hall–Kier alpha value is -3.40. The lowest BCUT2D eigenvalue weighted by Gasteiger charge is -2.19. The summed E-state index contributed by atoms with van der Waals surface area (Å²) in [5, 5.41) is 47.7. The highest BCUT2D eigenvalue weighted by atomic mass is 79.9. The molecule has 7 aromatic carbocycles. The van der Waals surface area contributed by atoms with Crippen LogP contribution in [0.4, 0.5) is 11.4 Å². The van der Waals surface area contributed by atoms with Gasteiger partial charge in [-0.15, -0.1) is 0 Å². The van der Waals surface area contributed by atoms with Gasteiger partial charge in [0, 0.05) is 48.7 Å². The molecule has 0 aliphatic heterocycles. The first-order valence-electron chi connectivity index (χ1n) is 14.3. The van der Waals surface area contributed by atoms with Gasteiger partial charge in [0.2, 0.25) is 11.8 Å². The maximum Gasteiger partial charge on any atom is 0.336 e. The van der Waals surface area contributed by atoms with E-state index >= 15 is 0 Å². The van der Waals surface area contributed by atoms with Crippen molar-refractivity contribution in [3.8, 4) is 0 Å². The maximum absolute atomic E-state index is 12.3. The average molecular weight is 1050 g/mol. The fourth-order valence-electron chi connectivity index (χ4n) is 6.23. The van der Waals surface area contributed by atoms with E-state index in [0.29, 0.717) is 67.0 Å². The van der Waals surface area contributed by atoms with Crippen molar-refractivity contribution in [2.75, 3.05) is 0 Å². The van der Waals surface area contributed by atoms with Crippen LogP contribution in [0.1, 0.15) is 31.8 Å². The van der Waals surface area contributed by atoms with E-state index in [1.54, 1.807) is 60.7 Å². The predicted molar refractivity (Wildman–Crippen MR) is 218 cm³/mol. The lowest BCUT2D eigenvalue weighted by molar-refractivity contribution is 0.0695. The zero-order valence-corrected chi connectivity index (χ0v) is 34.2. The van der Waals surface area contributed by atoms with E-state index in [-0.39, 0.29) is 39.4 Å². The van der Waals surface area contributed by atoms with Crippen molar-refractivity contribution in [2.24, 2.45) is 9.98 Å². The van der Waals surface area contributed by atoms with Crippen molar-refractivity contribution in [1.29, 1.82) is 0 Å². The van der Waals surface area contributed by atoms with Crippen LogP contribution in [-0.4, -0.2) is 44.2 Å². The number of benzene rings is 7. The average Bonchev–Trinajstić information content (AvgIpc) is 3.05. The molecule has 0 saturated heterocycles. The molecule has 0 spiro atoms. The normalized spacial score (nSPS) is 12.5. The van der Waals surface area contributed by atoms with Gasteiger partial charge in [0.05, 0.1) is 22.5 Å². The van der Waals surface area contributed by atoms with Crippen LogP contribution in [0, 0.1) is 0 Å². The molecule has 0 radical (unpaired) electrons. The van der Waals surface area contributed by atoms with Gasteiger partial charge in [0.15, 0.2) is 0 Å². The van der Waals surface area contributed by atoms with E-state index in [0.717, 1.165) is 8.95 Å². The van der Waals surface area contributed by atoms with Crippen molar-refractivity contribution in [2.45, 2.75) is 0 Å². The number of carboxylic acid groups (broad SMARTS) is 2. The van der Waals surface area contributed by atoms with Crippen molar-refractivity contribution >= 4 is 174 Å². The topological polar surface area (TPSA) is 140 Å². The number of rotatable bonds is 6. The summed E-state index contributed by atoms with van der Waals surface area (Å²) in [6.07, 6.45) is 0. The van der Waals surface area contributed by atoms with Crippen LogP contribution in [0.2, 0.25) is 0 Å². The minimum Gasteiger partial charge on any atom is -0.493 e. The standard InChI is InChI=1S/C36H16Br6N2O6/c37-13-9-23(39)31(24(40)10-13)43-33(45)19-5-1-15-17-3-7-21(35(47)48)30-22(36(49)50)8-4-18(28(17)30)16-2-6-20(29(19)27(15)16)34(46)44-32-25(41)11-14(38)12-26(32)42/h1-12H,(H,43,45)(H,44,46)(H,47,48)(H,49,50). The number of hydrogen-bond donors (Lipinski definition) is 4. The lowest BCUT2D eigenvalue weighted by Crippen LogP contribution is -2.08. The third-order valence-electron chi connectivity index (χ3n) is 8.24. The van der Waals surface area contributed by atoms with Gasteiger partial charge in [-0.1, -0.05) is 56.1 Å². The smallest absolute Gasteiger partial charge is 0.336 e. The van der Waals surface area contributed by atoms with Gasteiger partial charge >= 0.3 is 11.9 Å². The zero-order valence-electron chi connectivity index (χ0n) is 24.7. The van der Waals surface area contributed by atoms with E-state index in [2.05, 4.69) is 106 Å². The lowest BCUT2D eigenvalue weighted by atomic mass is 9.84. The molecule has 4 N–H and O–H groups in total. The van der Waals surface area contributed by atoms with Crippen LogP contribution in [0.25, 0.3) is 43.1 Å². The molecule has 14 heteroatoms. The minimum atomic E-state index is -1.25. The Balaban J connectivity index is 1.64. The van der Waals surface area contributed by atoms with Crippen LogP contribution < -0.4 is 0 Å². The van der Waals surface area contributed by atoms with Gasteiger partial charge in [-0.05, 0) is 145 Å². The summed E-state index contributed by atoms with van der Waals surface area (Å²) in [6, 6.07) is 20.1. The largest absolute Gasteiger partial charge is 0.493 e. The molecule has 0 heterocycles. The summed E-state index contributed by atoms with van der Waals surface area (Å²) >= 11 is 21.0. The van der Waals surface area contributed by atoms with Gasteiger partial charge in [0.1, 0.15) is 0 Å². The second-order valence-corrected chi connectivity index (χ2v) is 16.3. The number of hydrogen-bond acceptors (Lipinski definition) is 4. The van der Waals surface area contributed by atoms with E-state index in [1.807, 2.05) is 0 Å². The van der Waals surface area contributed by atoms with Crippen LogP contribution in [0.5, 0.6) is 0 Å². The number of nitrogens with zero attached hydrogens (tertiary/aromatic N) is 2. The number of aliphatic hydroxyl groups excluding tert-OH is 2. The number of fused-ring (bicyclic) bond motifs is 2. The summed E-state index contributed by atoms with van der Waals surface area (Å²) in [5.74, 6) is -3.21. The van der Waals surface area contributed by atoms with Gasteiger partial charge < -0.3 is 20.4 Å². The first-order valence-corrected chi connectivity index (χ1v) is 19.0. The fourth-order valence-corrected chi connectivity index (χ4v) is 11.1. The van der Waals surface area contributed by atoms with E-state index in [4.69, 9.17) is 0 Å². The molecule has 0 atom stereocenters. The van der Waals surface area contributed by atoms with Crippen LogP contribution in [-0.2, 0) is 0 Å². The Morgan fingerprint density at radius 2 is 0.700 bits per heavy atom. The zero-order chi connectivity index (χ0) is 35.8. The summed E-state index contributed by atoms with van der Waals surface area (Å²) in [7, 11) is 0. The van der Waals surface area contributed by atoms with Crippen molar-refractivity contribution in [3.05, 3.63) is 122 Å². The molecule has 7 rings (SSSR count). The molecule has 0 amide bonds. The molecule has 0 aliphatic carbocycles. The monoisotopic (exact) mass is 1050 g/mol.